The smallest absolute Gasteiger partial charge is 0.251 e. The third kappa shape index (κ3) is 4.83. The molecule has 0 spiro atoms. The Morgan fingerprint density at radius 2 is 1.68 bits per heavy atom. The van der Waals surface area contributed by atoms with Crippen molar-refractivity contribution >= 4 is 16.8 Å². The fourth-order valence-electron chi connectivity index (χ4n) is 3.07. The Labute approximate surface area is 176 Å². The number of rotatable bonds is 6. The molecule has 0 unspecified atom stereocenters. The van der Waals surface area contributed by atoms with Crippen molar-refractivity contribution in [3.05, 3.63) is 107 Å². The zero-order chi connectivity index (χ0) is 21.8. The van der Waals surface area contributed by atoms with Crippen LogP contribution < -0.4 is 10.1 Å². The monoisotopic (exact) mass is 422 g/mol. The minimum Gasteiger partial charge on any atom is -0.489 e. The van der Waals surface area contributed by atoms with Gasteiger partial charge in [-0.2, -0.15) is 0 Å². The molecule has 1 heterocycles. The highest BCUT2D eigenvalue weighted by atomic mass is 19.1. The molecule has 4 rings (SSSR count). The second-order valence-corrected chi connectivity index (χ2v) is 6.87. The number of carbonyl (C=O) groups is 1. The molecule has 0 atom stereocenters. The first-order valence-corrected chi connectivity index (χ1v) is 9.48. The van der Waals surface area contributed by atoms with E-state index in [1.165, 1.54) is 0 Å². The summed E-state index contributed by atoms with van der Waals surface area (Å²) in [6.07, 6.45) is 1.70. The van der Waals surface area contributed by atoms with E-state index in [2.05, 4.69) is 10.3 Å². The van der Waals surface area contributed by atoms with Crippen molar-refractivity contribution in [2.24, 2.45) is 0 Å². The van der Waals surface area contributed by atoms with E-state index in [1.807, 2.05) is 12.1 Å². The number of pyridine rings is 1. The van der Waals surface area contributed by atoms with Crippen molar-refractivity contribution in [1.29, 1.82) is 0 Å². The molecule has 4 aromatic rings. The molecule has 31 heavy (non-hydrogen) atoms. The molecule has 0 saturated heterocycles. The maximum absolute atomic E-state index is 13.7. The highest BCUT2D eigenvalue weighted by Crippen LogP contribution is 2.19. The van der Waals surface area contributed by atoms with Crippen LogP contribution in [0.5, 0.6) is 5.75 Å². The van der Waals surface area contributed by atoms with Gasteiger partial charge in [-0.25, -0.2) is 13.2 Å². The number of ether oxygens (including phenoxy) is 1. The predicted octanol–water partition coefficient (Wildman–Crippen LogP) is 5.16. The summed E-state index contributed by atoms with van der Waals surface area (Å²) in [7, 11) is 0. The molecule has 0 saturated carbocycles. The number of halogens is 3. The summed E-state index contributed by atoms with van der Waals surface area (Å²) in [5.74, 6) is -2.80. The maximum atomic E-state index is 13.7. The van der Waals surface area contributed by atoms with Gasteiger partial charge in [0.15, 0.2) is 0 Å². The van der Waals surface area contributed by atoms with Crippen LogP contribution in [0.25, 0.3) is 10.9 Å². The van der Waals surface area contributed by atoms with Crippen molar-refractivity contribution in [1.82, 2.24) is 10.3 Å². The largest absolute Gasteiger partial charge is 0.489 e. The van der Waals surface area contributed by atoms with Crippen LogP contribution in [0.4, 0.5) is 13.2 Å². The molecule has 0 fully saturated rings. The van der Waals surface area contributed by atoms with Crippen LogP contribution in [-0.2, 0) is 13.2 Å². The van der Waals surface area contributed by atoms with Crippen molar-refractivity contribution in [3.8, 4) is 5.75 Å². The fraction of sp³-hybridized carbons (Fsp3) is 0.0833. The van der Waals surface area contributed by atoms with Gasteiger partial charge in [-0.05, 0) is 42.0 Å². The number of carbonyl (C=O) groups excluding carboxylic acids is 1. The lowest BCUT2D eigenvalue weighted by Crippen LogP contribution is -2.22. The van der Waals surface area contributed by atoms with Gasteiger partial charge in [0.1, 0.15) is 29.8 Å². The average molecular weight is 422 g/mol. The Balaban J connectivity index is 1.34. The van der Waals surface area contributed by atoms with E-state index in [-0.39, 0.29) is 18.1 Å². The van der Waals surface area contributed by atoms with Crippen LogP contribution in [0.15, 0.2) is 72.9 Å². The minimum atomic E-state index is -0.999. The lowest BCUT2D eigenvalue weighted by atomic mass is 10.1. The van der Waals surface area contributed by atoms with Crippen LogP contribution in [-0.4, -0.2) is 10.9 Å². The summed E-state index contributed by atoms with van der Waals surface area (Å²) >= 11 is 0. The van der Waals surface area contributed by atoms with Gasteiger partial charge in [0, 0.05) is 35.8 Å². The lowest BCUT2D eigenvalue weighted by Gasteiger charge is -2.10. The van der Waals surface area contributed by atoms with Crippen LogP contribution in [0, 0.1) is 17.5 Å². The average Bonchev–Trinajstić information content (AvgIpc) is 2.77. The number of nitrogens with zero attached hydrogens (tertiary/aromatic N) is 1. The second-order valence-electron chi connectivity index (χ2n) is 6.87. The Bertz CT molecular complexity index is 1220. The van der Waals surface area contributed by atoms with Crippen LogP contribution in [0.1, 0.15) is 21.5 Å². The molecule has 0 aliphatic rings. The number of aromatic nitrogens is 1. The molecular weight excluding hydrogens is 405 g/mol. The molecule has 4 nitrogen and oxygen atoms in total. The van der Waals surface area contributed by atoms with Gasteiger partial charge in [-0.15, -0.1) is 0 Å². The summed E-state index contributed by atoms with van der Waals surface area (Å²) in [4.78, 5) is 16.7. The summed E-state index contributed by atoms with van der Waals surface area (Å²) in [6.45, 7) is -0.0732. The van der Waals surface area contributed by atoms with E-state index in [9.17, 15) is 18.0 Å². The standard InChI is InChI=1S/C24H17F3N2O2/c25-18-11-21(26)20(22(27)12-18)14-31-19-6-3-15(4-7-19)13-29-24(30)17-5-8-23-16(10-17)2-1-9-28-23/h1-12H,13-14H2,(H,29,30). The Kier molecular flexibility index (Phi) is 5.84. The predicted molar refractivity (Wildman–Crippen MR) is 110 cm³/mol. The van der Waals surface area contributed by atoms with Crippen LogP contribution in [0.2, 0.25) is 0 Å². The van der Waals surface area contributed by atoms with Gasteiger partial charge in [0.05, 0.1) is 11.1 Å². The topological polar surface area (TPSA) is 51.2 Å². The van der Waals surface area contributed by atoms with E-state index in [1.54, 1.807) is 48.7 Å². The maximum Gasteiger partial charge on any atom is 0.251 e. The van der Waals surface area contributed by atoms with Crippen molar-refractivity contribution in [3.63, 3.8) is 0 Å². The van der Waals surface area contributed by atoms with Gasteiger partial charge in [0.2, 0.25) is 0 Å². The molecule has 0 bridgehead atoms. The molecule has 0 aliphatic heterocycles. The lowest BCUT2D eigenvalue weighted by molar-refractivity contribution is 0.0951. The van der Waals surface area contributed by atoms with E-state index in [0.29, 0.717) is 30.0 Å². The van der Waals surface area contributed by atoms with Crippen LogP contribution in [0.3, 0.4) is 0 Å². The van der Waals surface area contributed by atoms with E-state index < -0.39 is 17.5 Å². The number of fused-ring (bicyclic) bond motifs is 1. The van der Waals surface area contributed by atoms with Gasteiger partial charge >= 0.3 is 0 Å². The molecule has 7 heteroatoms. The first kappa shape index (κ1) is 20.4. The molecule has 0 aliphatic carbocycles. The highest BCUT2D eigenvalue weighted by Gasteiger charge is 2.12. The fourth-order valence-corrected chi connectivity index (χ4v) is 3.07. The van der Waals surface area contributed by atoms with E-state index in [0.717, 1.165) is 16.5 Å². The quantitative estimate of drug-likeness (QED) is 0.467. The number of nitrogens with one attached hydrogen (secondary N) is 1. The molecule has 1 amide bonds. The first-order chi connectivity index (χ1) is 15.0. The number of hydrogen-bond donors (Lipinski definition) is 1. The molecule has 1 aromatic heterocycles. The SMILES string of the molecule is O=C(NCc1ccc(OCc2c(F)cc(F)cc2F)cc1)c1ccc2ncccc2c1. The Morgan fingerprint density at radius 1 is 0.935 bits per heavy atom. The Hall–Kier alpha value is -3.87. The summed E-state index contributed by atoms with van der Waals surface area (Å²) in [5.41, 5.74) is 1.82. The third-order valence-electron chi connectivity index (χ3n) is 4.73. The number of benzene rings is 3. The summed E-state index contributed by atoms with van der Waals surface area (Å²) < 4.78 is 45.7. The van der Waals surface area contributed by atoms with Crippen molar-refractivity contribution in [2.45, 2.75) is 13.2 Å². The van der Waals surface area contributed by atoms with E-state index >= 15 is 0 Å². The van der Waals surface area contributed by atoms with Crippen molar-refractivity contribution in [2.75, 3.05) is 0 Å². The molecule has 156 valence electrons. The zero-order valence-corrected chi connectivity index (χ0v) is 16.2. The first-order valence-electron chi connectivity index (χ1n) is 9.48. The third-order valence-corrected chi connectivity index (χ3v) is 4.73. The number of amides is 1. The summed E-state index contributed by atoms with van der Waals surface area (Å²) in [6, 6.07) is 16.9. The molecular formula is C24H17F3N2O2. The minimum absolute atomic E-state index is 0.215. The second kappa shape index (κ2) is 8.87. The molecule has 3 aromatic carbocycles. The van der Waals surface area contributed by atoms with Gasteiger partial charge < -0.3 is 10.1 Å². The van der Waals surface area contributed by atoms with Gasteiger partial charge in [0.25, 0.3) is 5.91 Å². The van der Waals surface area contributed by atoms with Crippen molar-refractivity contribution < 1.29 is 22.7 Å². The molecule has 0 radical (unpaired) electrons. The zero-order valence-electron chi connectivity index (χ0n) is 16.2. The summed E-state index contributed by atoms with van der Waals surface area (Å²) in [5, 5.41) is 3.72. The highest BCUT2D eigenvalue weighted by molar-refractivity contribution is 5.97. The van der Waals surface area contributed by atoms with Gasteiger partial charge in [-0.3, -0.25) is 9.78 Å². The molecule has 1 N–H and O–H groups in total. The van der Waals surface area contributed by atoms with Crippen LogP contribution >= 0.6 is 0 Å². The Morgan fingerprint density at radius 3 is 2.42 bits per heavy atom. The number of hydrogen-bond acceptors (Lipinski definition) is 3. The normalized spacial score (nSPS) is 10.8. The van der Waals surface area contributed by atoms with E-state index in [4.69, 9.17) is 4.74 Å². The van der Waals surface area contributed by atoms with Gasteiger partial charge in [-0.1, -0.05) is 18.2 Å².